The molecule has 26 heavy (non-hydrogen) atoms. The van der Waals surface area contributed by atoms with Gasteiger partial charge in [-0.15, -0.1) is 0 Å². The molecule has 2 radical (unpaired) electrons. The number of rotatable bonds is 16. The molecule has 146 valence electrons. The van der Waals surface area contributed by atoms with E-state index in [0.717, 1.165) is 12.8 Å². The summed E-state index contributed by atoms with van der Waals surface area (Å²) in [5.41, 5.74) is 0. The number of unbranched alkanes of at least 4 members (excludes halogenated alkanes) is 12. The quantitative estimate of drug-likeness (QED) is 0.194. The van der Waals surface area contributed by atoms with Gasteiger partial charge < -0.3 is 0 Å². The smallest absolute Gasteiger partial charge is 0.266 e. The lowest BCUT2D eigenvalue weighted by atomic mass is 10.0. The first-order valence-electron chi connectivity index (χ1n) is 10.1. The average Bonchev–Trinajstić information content (AvgIpc) is 2.63. The normalized spacial score (nSPS) is 11.3. The fraction of sp³-hybridized carbons (Fsp3) is 0.714. The maximum atomic E-state index is 11.9. The molecule has 0 atom stereocenters. The van der Waals surface area contributed by atoms with Crippen LogP contribution in [0.4, 0.5) is 0 Å². The first kappa shape index (κ1) is 25.9. The molecule has 1 aromatic carbocycles. The number of benzene rings is 1. The summed E-state index contributed by atoms with van der Waals surface area (Å²) in [5, 5.41) is 0. The van der Waals surface area contributed by atoms with E-state index in [0.29, 0.717) is 0 Å². The third-order valence-corrected chi connectivity index (χ3v) is 5.84. The Balaban J connectivity index is 0.00000625. The van der Waals surface area contributed by atoms with Gasteiger partial charge in [-0.25, -0.2) is 0 Å². The van der Waals surface area contributed by atoms with E-state index in [1.54, 1.807) is 30.3 Å². The third kappa shape index (κ3) is 13.1. The van der Waals surface area contributed by atoms with E-state index in [-0.39, 0.29) is 34.6 Å². The third-order valence-electron chi connectivity index (χ3n) is 4.52. The summed E-state index contributed by atoms with van der Waals surface area (Å²) in [4.78, 5) is 0.240. The summed E-state index contributed by atoms with van der Waals surface area (Å²) in [6.45, 7) is 2.54. The Morgan fingerprint density at radius 2 is 1.12 bits per heavy atom. The molecular weight excluding hydrogens is 357 g/mol. The maximum Gasteiger partial charge on any atom is 0.296 e. The lowest BCUT2D eigenvalue weighted by Crippen LogP contribution is -2.07. The Morgan fingerprint density at radius 1 is 0.692 bits per heavy atom. The second kappa shape index (κ2) is 17.0. The van der Waals surface area contributed by atoms with Crippen molar-refractivity contribution >= 4 is 33.2 Å². The fourth-order valence-electron chi connectivity index (χ4n) is 2.94. The Labute approximate surface area is 177 Å². The predicted molar refractivity (Wildman–Crippen MR) is 111 cm³/mol. The monoisotopic (exact) mass is 392 g/mol. The van der Waals surface area contributed by atoms with E-state index in [2.05, 4.69) is 6.92 Å². The molecule has 0 N–H and O–H groups in total. The molecule has 0 saturated heterocycles. The van der Waals surface area contributed by atoms with Gasteiger partial charge in [0.2, 0.25) is 0 Å². The van der Waals surface area contributed by atoms with Gasteiger partial charge in [0.15, 0.2) is 0 Å². The summed E-state index contributed by atoms with van der Waals surface area (Å²) >= 11 is 0. The summed E-state index contributed by atoms with van der Waals surface area (Å²) in [7, 11) is -3.58. The van der Waals surface area contributed by atoms with Gasteiger partial charge >= 0.3 is 0 Å². The highest BCUT2D eigenvalue weighted by Crippen LogP contribution is 2.14. The molecule has 5 heteroatoms. The topological polar surface area (TPSA) is 43.4 Å². The van der Waals surface area contributed by atoms with Crippen molar-refractivity contribution < 1.29 is 12.6 Å². The van der Waals surface area contributed by atoms with Crippen molar-refractivity contribution in [3.8, 4) is 0 Å². The van der Waals surface area contributed by atoms with Gasteiger partial charge in [-0.2, -0.15) is 8.42 Å². The van der Waals surface area contributed by atoms with E-state index >= 15 is 0 Å². The molecule has 3 nitrogen and oxygen atoms in total. The van der Waals surface area contributed by atoms with Crippen LogP contribution in [0.15, 0.2) is 35.2 Å². The largest absolute Gasteiger partial charge is 0.296 e. The maximum absolute atomic E-state index is 11.9. The van der Waals surface area contributed by atoms with Crippen LogP contribution in [0.2, 0.25) is 0 Å². The minimum Gasteiger partial charge on any atom is -0.266 e. The van der Waals surface area contributed by atoms with E-state index in [9.17, 15) is 8.42 Å². The Hall–Kier alpha value is -0.104. The van der Waals surface area contributed by atoms with Crippen LogP contribution in [0.3, 0.4) is 0 Å². The molecule has 0 fully saturated rings. The highest BCUT2D eigenvalue weighted by Gasteiger charge is 2.13. The molecule has 0 heterocycles. The van der Waals surface area contributed by atoms with Crippen LogP contribution in [0, 0.1) is 0 Å². The second-order valence-electron chi connectivity index (χ2n) is 6.83. The fourth-order valence-corrected chi connectivity index (χ4v) is 3.91. The van der Waals surface area contributed by atoms with Gasteiger partial charge in [0.25, 0.3) is 10.1 Å². The molecule has 0 aliphatic carbocycles. The van der Waals surface area contributed by atoms with Gasteiger partial charge in [-0.05, 0) is 18.6 Å². The first-order valence-corrected chi connectivity index (χ1v) is 11.5. The van der Waals surface area contributed by atoms with Crippen molar-refractivity contribution in [1.29, 1.82) is 0 Å². The number of hydrogen-bond donors (Lipinski definition) is 0. The summed E-state index contributed by atoms with van der Waals surface area (Å²) in [6, 6.07) is 8.35. The van der Waals surface area contributed by atoms with Gasteiger partial charge in [0, 0.05) is 23.1 Å². The summed E-state index contributed by atoms with van der Waals surface area (Å²) < 4.78 is 28.9. The molecule has 0 spiro atoms. The van der Waals surface area contributed by atoms with Crippen LogP contribution >= 0.6 is 0 Å². The zero-order valence-corrected chi connectivity index (χ0v) is 18.9. The molecule has 0 aliphatic rings. The minimum absolute atomic E-state index is 0. The first-order chi connectivity index (χ1) is 12.2. The second-order valence-corrected chi connectivity index (χ2v) is 8.45. The lowest BCUT2D eigenvalue weighted by molar-refractivity contribution is 0.306. The zero-order valence-electron chi connectivity index (χ0n) is 16.6. The molecule has 0 unspecified atom stereocenters. The van der Waals surface area contributed by atoms with Crippen molar-refractivity contribution in [2.45, 2.75) is 95.3 Å². The molecule has 0 aliphatic heterocycles. The van der Waals surface area contributed by atoms with Crippen LogP contribution in [0.5, 0.6) is 0 Å². The van der Waals surface area contributed by atoms with E-state index in [4.69, 9.17) is 4.18 Å². The van der Waals surface area contributed by atoms with E-state index < -0.39 is 10.1 Å². The van der Waals surface area contributed by atoms with Crippen molar-refractivity contribution in [2.24, 2.45) is 0 Å². The van der Waals surface area contributed by atoms with Crippen molar-refractivity contribution in [3.63, 3.8) is 0 Å². The Morgan fingerprint density at radius 3 is 1.58 bits per heavy atom. The zero-order chi connectivity index (χ0) is 18.2. The molecule has 0 saturated carbocycles. The number of hydrogen-bond acceptors (Lipinski definition) is 3. The summed E-state index contributed by atoms with van der Waals surface area (Å²) in [6.07, 6.45) is 16.6. The van der Waals surface area contributed by atoms with E-state index in [1.165, 1.54) is 70.6 Å². The molecule has 1 aromatic rings. The predicted octanol–water partition coefficient (Wildman–Crippen LogP) is 6.10. The molecule has 1 rings (SSSR count). The van der Waals surface area contributed by atoms with Gasteiger partial charge in [0.1, 0.15) is 0 Å². The molecule has 0 bridgehead atoms. The van der Waals surface area contributed by atoms with Crippen LogP contribution in [-0.4, -0.2) is 38.1 Å². The van der Waals surface area contributed by atoms with Crippen molar-refractivity contribution in [2.75, 3.05) is 6.61 Å². The van der Waals surface area contributed by atoms with Gasteiger partial charge in [0.05, 0.1) is 11.5 Å². The van der Waals surface area contributed by atoms with Crippen molar-refractivity contribution in [1.82, 2.24) is 0 Å². The SMILES string of the molecule is CCCCCCCCCCCCCCCOS(=O)(=O)c1ccccc1.[Mg]. The molecule has 0 aromatic heterocycles. The standard InChI is InChI=1S/C21H36O3S.Mg/c1-2-3-4-5-6-7-8-9-10-11-12-13-17-20-24-25(22,23)21-18-15-14-16-19-21;/h14-16,18-19H,2-13,17,20H2,1H3;. The highest BCUT2D eigenvalue weighted by atomic mass is 32.2. The van der Waals surface area contributed by atoms with Crippen LogP contribution in [0.1, 0.15) is 90.4 Å². The van der Waals surface area contributed by atoms with Crippen LogP contribution in [0.25, 0.3) is 0 Å². The molecular formula is C21H36MgO3S. The van der Waals surface area contributed by atoms with Gasteiger partial charge in [-0.3, -0.25) is 4.18 Å². The lowest BCUT2D eigenvalue weighted by Gasteiger charge is -2.06. The van der Waals surface area contributed by atoms with Crippen molar-refractivity contribution in [3.05, 3.63) is 30.3 Å². The minimum atomic E-state index is -3.58. The summed E-state index contributed by atoms with van der Waals surface area (Å²) in [5.74, 6) is 0. The highest BCUT2D eigenvalue weighted by molar-refractivity contribution is 7.86. The van der Waals surface area contributed by atoms with Crippen LogP contribution in [-0.2, 0) is 14.3 Å². The van der Waals surface area contributed by atoms with Gasteiger partial charge in [-0.1, -0.05) is 102 Å². The van der Waals surface area contributed by atoms with E-state index in [1.807, 2.05) is 0 Å². The van der Waals surface area contributed by atoms with Crippen LogP contribution < -0.4 is 0 Å². The average molecular weight is 393 g/mol. The Bertz CT molecular complexity index is 517. The molecule has 0 amide bonds. The Kier molecular flexibility index (Phi) is 17.0.